The topological polar surface area (TPSA) is 12.4 Å². The summed E-state index contributed by atoms with van der Waals surface area (Å²) in [5.41, 5.74) is 0. The second-order valence-electron chi connectivity index (χ2n) is 3.10. The van der Waals surface area contributed by atoms with Crippen molar-refractivity contribution in [2.75, 3.05) is 0 Å². The molecule has 1 aliphatic rings. The quantitative estimate of drug-likeness (QED) is 0.536. The van der Waals surface area contributed by atoms with Gasteiger partial charge in [-0.3, -0.25) is 4.99 Å². The maximum Gasteiger partial charge on any atom is 0.0683 e. The molecule has 0 saturated heterocycles. The van der Waals surface area contributed by atoms with Gasteiger partial charge in [-0.05, 0) is 12.5 Å². The average Bonchev–Trinajstić information content (AvgIpc) is 2.50. The van der Waals surface area contributed by atoms with E-state index >= 15 is 0 Å². The van der Waals surface area contributed by atoms with Crippen molar-refractivity contribution in [3.63, 3.8) is 0 Å². The summed E-state index contributed by atoms with van der Waals surface area (Å²) < 4.78 is 0. The molecule has 0 radical (unpaired) electrons. The molecule has 1 nitrogen and oxygen atoms in total. The SMILES string of the molecule is CCCCCCC1C=CC=N1. The molecule has 0 bridgehead atoms. The minimum atomic E-state index is 0.506. The molecule has 0 saturated carbocycles. The highest BCUT2D eigenvalue weighted by Crippen LogP contribution is 2.10. The minimum absolute atomic E-state index is 0.506. The first-order chi connectivity index (χ1) is 5.43. The zero-order valence-electron chi connectivity index (χ0n) is 7.29. The van der Waals surface area contributed by atoms with Crippen molar-refractivity contribution in [2.45, 2.75) is 45.1 Å². The molecule has 62 valence electrons. The van der Waals surface area contributed by atoms with Gasteiger partial charge in [0.1, 0.15) is 0 Å². The van der Waals surface area contributed by atoms with Crippen molar-refractivity contribution in [3.05, 3.63) is 12.2 Å². The molecule has 1 atom stereocenters. The van der Waals surface area contributed by atoms with Crippen LogP contribution in [-0.2, 0) is 0 Å². The van der Waals surface area contributed by atoms with E-state index in [0.717, 1.165) is 0 Å². The zero-order chi connectivity index (χ0) is 7.94. The van der Waals surface area contributed by atoms with Gasteiger partial charge < -0.3 is 0 Å². The Morgan fingerprint density at radius 2 is 2.18 bits per heavy atom. The predicted octanol–water partition coefficient (Wildman–Crippen LogP) is 2.97. The highest BCUT2D eigenvalue weighted by atomic mass is 14.8. The van der Waals surface area contributed by atoms with Crippen LogP contribution in [0.1, 0.15) is 39.0 Å². The van der Waals surface area contributed by atoms with Gasteiger partial charge in [-0.25, -0.2) is 0 Å². The molecule has 0 spiro atoms. The third-order valence-corrected chi connectivity index (χ3v) is 2.05. The highest BCUT2D eigenvalue weighted by molar-refractivity contribution is 5.74. The van der Waals surface area contributed by atoms with Gasteiger partial charge >= 0.3 is 0 Å². The Balaban J connectivity index is 1.95. The van der Waals surface area contributed by atoms with Crippen LogP contribution < -0.4 is 0 Å². The monoisotopic (exact) mass is 151 g/mol. The molecular formula is C10H17N. The van der Waals surface area contributed by atoms with E-state index in [-0.39, 0.29) is 0 Å². The van der Waals surface area contributed by atoms with E-state index in [1.165, 1.54) is 32.1 Å². The Hall–Kier alpha value is -0.590. The summed E-state index contributed by atoms with van der Waals surface area (Å²) in [6.45, 7) is 2.24. The van der Waals surface area contributed by atoms with Gasteiger partial charge in [0.05, 0.1) is 6.04 Å². The molecule has 1 aliphatic heterocycles. The maximum absolute atomic E-state index is 4.30. The number of unbranched alkanes of at least 4 members (excludes halogenated alkanes) is 3. The summed E-state index contributed by atoms with van der Waals surface area (Å²) in [7, 11) is 0. The van der Waals surface area contributed by atoms with Crippen LogP contribution in [0.25, 0.3) is 0 Å². The molecule has 1 rings (SSSR count). The van der Waals surface area contributed by atoms with Crippen molar-refractivity contribution < 1.29 is 0 Å². The van der Waals surface area contributed by atoms with Crippen LogP contribution >= 0.6 is 0 Å². The van der Waals surface area contributed by atoms with Crippen LogP contribution in [-0.4, -0.2) is 12.3 Å². The van der Waals surface area contributed by atoms with Crippen LogP contribution in [0.5, 0.6) is 0 Å². The van der Waals surface area contributed by atoms with Crippen molar-refractivity contribution in [1.82, 2.24) is 0 Å². The summed E-state index contributed by atoms with van der Waals surface area (Å²) in [6.07, 6.45) is 12.8. The number of aliphatic imine (C=N–C) groups is 1. The van der Waals surface area contributed by atoms with Crippen molar-refractivity contribution >= 4 is 6.21 Å². The van der Waals surface area contributed by atoms with Gasteiger partial charge in [-0.15, -0.1) is 0 Å². The van der Waals surface area contributed by atoms with Crippen LogP contribution in [0.2, 0.25) is 0 Å². The van der Waals surface area contributed by atoms with E-state index in [1.54, 1.807) is 0 Å². The molecule has 0 aromatic heterocycles. The fraction of sp³-hybridized carbons (Fsp3) is 0.700. The van der Waals surface area contributed by atoms with Gasteiger partial charge in [0.2, 0.25) is 0 Å². The Bertz CT molecular complexity index is 135. The lowest BCUT2D eigenvalue weighted by Crippen LogP contribution is -1.95. The third-order valence-electron chi connectivity index (χ3n) is 2.05. The largest absolute Gasteiger partial charge is 0.286 e. The van der Waals surface area contributed by atoms with Crippen LogP contribution in [0.4, 0.5) is 0 Å². The van der Waals surface area contributed by atoms with E-state index in [2.05, 4.69) is 18.0 Å². The van der Waals surface area contributed by atoms with Crippen LogP contribution in [0, 0.1) is 0 Å². The van der Waals surface area contributed by atoms with Crippen molar-refractivity contribution in [2.24, 2.45) is 4.99 Å². The summed E-state index contributed by atoms with van der Waals surface area (Å²) in [5.74, 6) is 0. The van der Waals surface area contributed by atoms with E-state index in [4.69, 9.17) is 0 Å². The smallest absolute Gasteiger partial charge is 0.0683 e. The molecule has 0 amide bonds. The Kier molecular flexibility index (Phi) is 3.95. The minimum Gasteiger partial charge on any atom is -0.286 e. The molecule has 0 aliphatic carbocycles. The van der Waals surface area contributed by atoms with Crippen LogP contribution in [0.3, 0.4) is 0 Å². The summed E-state index contributed by atoms with van der Waals surface area (Å²) in [4.78, 5) is 4.30. The van der Waals surface area contributed by atoms with Crippen LogP contribution in [0.15, 0.2) is 17.1 Å². The first-order valence-electron chi connectivity index (χ1n) is 4.63. The number of rotatable bonds is 5. The Morgan fingerprint density at radius 1 is 1.27 bits per heavy atom. The lowest BCUT2D eigenvalue weighted by atomic mass is 10.1. The number of hydrogen-bond acceptors (Lipinski definition) is 1. The number of nitrogens with zero attached hydrogens (tertiary/aromatic N) is 1. The first-order valence-corrected chi connectivity index (χ1v) is 4.63. The van der Waals surface area contributed by atoms with Gasteiger partial charge in [-0.1, -0.05) is 38.7 Å². The first kappa shape index (κ1) is 8.51. The normalized spacial score (nSPS) is 21.4. The van der Waals surface area contributed by atoms with E-state index in [0.29, 0.717) is 6.04 Å². The van der Waals surface area contributed by atoms with Gasteiger partial charge in [0.15, 0.2) is 0 Å². The molecule has 1 heteroatoms. The van der Waals surface area contributed by atoms with Gasteiger partial charge in [0.25, 0.3) is 0 Å². The lowest BCUT2D eigenvalue weighted by Gasteiger charge is -2.02. The van der Waals surface area contributed by atoms with E-state index in [1.807, 2.05) is 12.3 Å². The Labute approximate surface area is 69.2 Å². The predicted molar refractivity (Wildman–Crippen MR) is 50.2 cm³/mol. The molecule has 0 aromatic carbocycles. The standard InChI is InChI=1S/C10H17N/c1-2-3-4-5-7-10-8-6-9-11-10/h6,8-10H,2-5,7H2,1H3. The van der Waals surface area contributed by atoms with Crippen molar-refractivity contribution in [1.29, 1.82) is 0 Å². The zero-order valence-corrected chi connectivity index (χ0v) is 7.29. The molecule has 1 heterocycles. The fourth-order valence-electron chi connectivity index (χ4n) is 1.34. The fourth-order valence-corrected chi connectivity index (χ4v) is 1.34. The molecule has 0 N–H and O–H groups in total. The van der Waals surface area contributed by atoms with Gasteiger partial charge in [0, 0.05) is 6.21 Å². The summed E-state index contributed by atoms with van der Waals surface area (Å²) in [6, 6.07) is 0.506. The highest BCUT2D eigenvalue weighted by Gasteiger charge is 2.02. The van der Waals surface area contributed by atoms with Crippen molar-refractivity contribution in [3.8, 4) is 0 Å². The molecular weight excluding hydrogens is 134 g/mol. The van der Waals surface area contributed by atoms with E-state index < -0.39 is 0 Å². The third kappa shape index (κ3) is 3.35. The molecule has 11 heavy (non-hydrogen) atoms. The van der Waals surface area contributed by atoms with Gasteiger partial charge in [-0.2, -0.15) is 0 Å². The lowest BCUT2D eigenvalue weighted by molar-refractivity contribution is 0.604. The average molecular weight is 151 g/mol. The maximum atomic E-state index is 4.30. The second-order valence-corrected chi connectivity index (χ2v) is 3.10. The molecule has 0 fully saturated rings. The summed E-state index contributed by atoms with van der Waals surface area (Å²) >= 11 is 0. The number of allylic oxidation sites excluding steroid dienone is 1. The summed E-state index contributed by atoms with van der Waals surface area (Å²) in [5, 5.41) is 0. The second kappa shape index (κ2) is 5.11. The number of hydrogen-bond donors (Lipinski definition) is 0. The molecule has 1 unspecified atom stereocenters. The van der Waals surface area contributed by atoms with E-state index in [9.17, 15) is 0 Å². The molecule has 0 aromatic rings. The Morgan fingerprint density at radius 3 is 2.82 bits per heavy atom.